The van der Waals surface area contributed by atoms with Gasteiger partial charge in [-0.15, -0.1) is 0 Å². The van der Waals surface area contributed by atoms with E-state index in [1.54, 1.807) is 30.3 Å². The summed E-state index contributed by atoms with van der Waals surface area (Å²) in [6.07, 6.45) is 0. The second kappa shape index (κ2) is 5.98. The number of halogens is 2. The molecule has 0 heterocycles. The summed E-state index contributed by atoms with van der Waals surface area (Å²) in [7, 11) is 0. The van der Waals surface area contributed by atoms with Gasteiger partial charge in [-0.2, -0.15) is 0 Å². The molecular weight excluding hydrogens is 299 g/mol. The number of hydrogen-bond acceptors (Lipinski definition) is 2. The highest BCUT2D eigenvalue weighted by atomic mass is 79.9. The average Bonchev–Trinajstić information content (AvgIpc) is 2.38. The molecule has 0 saturated heterocycles. The zero-order chi connectivity index (χ0) is 13.0. The van der Waals surface area contributed by atoms with Crippen LogP contribution >= 0.6 is 15.9 Å². The van der Waals surface area contributed by atoms with Crippen LogP contribution in [0.1, 0.15) is 11.1 Å². The molecule has 0 atom stereocenters. The molecule has 2 aromatic carbocycles. The van der Waals surface area contributed by atoms with E-state index in [9.17, 15) is 4.39 Å². The quantitative estimate of drug-likeness (QED) is 0.934. The predicted molar refractivity (Wildman–Crippen MR) is 70.8 cm³/mol. The van der Waals surface area contributed by atoms with Crippen molar-refractivity contribution < 1.29 is 14.2 Å². The van der Waals surface area contributed by atoms with Crippen LogP contribution in [0.15, 0.2) is 46.9 Å². The number of ether oxygens (including phenoxy) is 1. The largest absolute Gasteiger partial charge is 0.489 e. The maximum atomic E-state index is 12.9. The fourth-order valence-corrected chi connectivity index (χ4v) is 1.96. The van der Waals surface area contributed by atoms with Gasteiger partial charge in [-0.05, 0) is 29.8 Å². The summed E-state index contributed by atoms with van der Waals surface area (Å²) in [6.45, 7) is 0.378. The molecule has 0 unspecified atom stereocenters. The molecular formula is C14H12BrFO2. The normalized spacial score (nSPS) is 10.4. The summed E-state index contributed by atoms with van der Waals surface area (Å²) in [4.78, 5) is 0. The summed E-state index contributed by atoms with van der Waals surface area (Å²) in [6, 6.07) is 11.7. The van der Waals surface area contributed by atoms with Crippen molar-refractivity contribution in [1.82, 2.24) is 0 Å². The molecule has 0 aliphatic heterocycles. The first kappa shape index (κ1) is 13.1. The van der Waals surface area contributed by atoms with Crippen LogP contribution in [0.25, 0.3) is 0 Å². The Bertz CT molecular complexity index is 526. The molecule has 0 aromatic heterocycles. The van der Waals surface area contributed by atoms with E-state index in [2.05, 4.69) is 15.9 Å². The van der Waals surface area contributed by atoms with Crippen LogP contribution in [0.2, 0.25) is 0 Å². The van der Waals surface area contributed by atoms with E-state index < -0.39 is 0 Å². The van der Waals surface area contributed by atoms with Crippen LogP contribution in [0.3, 0.4) is 0 Å². The zero-order valence-corrected chi connectivity index (χ0v) is 11.2. The molecule has 0 bridgehead atoms. The predicted octanol–water partition coefficient (Wildman–Crippen LogP) is 3.66. The molecule has 0 radical (unpaired) electrons. The minimum atomic E-state index is -0.280. The maximum absolute atomic E-state index is 12.9. The highest BCUT2D eigenvalue weighted by molar-refractivity contribution is 9.10. The van der Waals surface area contributed by atoms with Crippen LogP contribution in [0.4, 0.5) is 4.39 Å². The minimum Gasteiger partial charge on any atom is -0.489 e. The van der Waals surface area contributed by atoms with Crippen molar-refractivity contribution in [2.75, 3.05) is 0 Å². The van der Waals surface area contributed by atoms with E-state index >= 15 is 0 Å². The van der Waals surface area contributed by atoms with E-state index in [4.69, 9.17) is 9.84 Å². The van der Waals surface area contributed by atoms with Crippen molar-refractivity contribution in [2.24, 2.45) is 0 Å². The van der Waals surface area contributed by atoms with Crippen molar-refractivity contribution in [3.05, 3.63) is 63.9 Å². The average molecular weight is 311 g/mol. The van der Waals surface area contributed by atoms with E-state index in [1.165, 1.54) is 12.1 Å². The molecule has 2 nitrogen and oxygen atoms in total. The summed E-state index contributed by atoms with van der Waals surface area (Å²) in [5.41, 5.74) is 1.72. The van der Waals surface area contributed by atoms with Crippen LogP contribution < -0.4 is 4.74 Å². The Morgan fingerprint density at radius 1 is 1.11 bits per heavy atom. The number of aliphatic hydroxyl groups excluding tert-OH is 1. The van der Waals surface area contributed by atoms with Crippen LogP contribution in [-0.2, 0) is 13.2 Å². The lowest BCUT2D eigenvalue weighted by Crippen LogP contribution is -1.97. The summed E-state index contributed by atoms with van der Waals surface area (Å²) < 4.78 is 19.2. The summed E-state index contributed by atoms with van der Waals surface area (Å²) in [5.74, 6) is 0.432. The number of hydrogen-bond donors (Lipinski definition) is 1. The molecule has 0 amide bonds. The van der Waals surface area contributed by atoms with Gasteiger partial charge in [-0.3, -0.25) is 0 Å². The Hall–Kier alpha value is -1.39. The molecule has 0 spiro atoms. The van der Waals surface area contributed by atoms with Gasteiger partial charge in [-0.1, -0.05) is 34.1 Å². The Balaban J connectivity index is 2.02. The van der Waals surface area contributed by atoms with Crippen LogP contribution in [-0.4, -0.2) is 5.11 Å². The maximum Gasteiger partial charge on any atom is 0.124 e. The highest BCUT2D eigenvalue weighted by Gasteiger charge is 2.02. The number of aliphatic hydroxyl groups is 1. The van der Waals surface area contributed by atoms with Crippen molar-refractivity contribution in [2.45, 2.75) is 13.2 Å². The molecule has 2 aromatic rings. The lowest BCUT2D eigenvalue weighted by atomic mass is 10.2. The van der Waals surface area contributed by atoms with Crippen molar-refractivity contribution in [1.29, 1.82) is 0 Å². The smallest absolute Gasteiger partial charge is 0.124 e. The topological polar surface area (TPSA) is 29.5 Å². The first-order valence-electron chi connectivity index (χ1n) is 5.45. The van der Waals surface area contributed by atoms with Gasteiger partial charge in [0, 0.05) is 10.0 Å². The Morgan fingerprint density at radius 2 is 1.83 bits per heavy atom. The molecule has 18 heavy (non-hydrogen) atoms. The molecule has 94 valence electrons. The standard InChI is InChI=1S/C14H12BrFO2/c15-14-7-12(16)4-3-11(14)9-18-13-5-1-10(8-17)2-6-13/h1-7,17H,8-9H2. The molecule has 0 fully saturated rings. The van der Waals surface area contributed by atoms with Gasteiger partial charge in [-0.25, -0.2) is 4.39 Å². The molecule has 2 rings (SSSR count). The van der Waals surface area contributed by atoms with Crippen molar-refractivity contribution in [3.8, 4) is 5.75 Å². The molecule has 0 aliphatic carbocycles. The Morgan fingerprint density at radius 3 is 2.44 bits per heavy atom. The second-order valence-corrected chi connectivity index (χ2v) is 4.68. The summed E-state index contributed by atoms with van der Waals surface area (Å²) >= 11 is 3.29. The van der Waals surface area contributed by atoms with Crippen LogP contribution in [0.5, 0.6) is 5.75 Å². The second-order valence-electron chi connectivity index (χ2n) is 3.83. The van der Waals surface area contributed by atoms with Crippen LogP contribution in [0, 0.1) is 5.82 Å². The van der Waals surface area contributed by atoms with Gasteiger partial charge in [0.25, 0.3) is 0 Å². The van der Waals surface area contributed by atoms with Gasteiger partial charge in [0.2, 0.25) is 0 Å². The third kappa shape index (κ3) is 3.31. The van der Waals surface area contributed by atoms with Crippen molar-refractivity contribution in [3.63, 3.8) is 0 Å². The van der Waals surface area contributed by atoms with E-state index in [0.29, 0.717) is 16.8 Å². The molecule has 0 aliphatic rings. The number of benzene rings is 2. The lowest BCUT2D eigenvalue weighted by molar-refractivity contribution is 0.280. The third-order valence-corrected chi connectivity index (χ3v) is 3.25. The fraction of sp³-hybridized carbons (Fsp3) is 0.143. The van der Waals surface area contributed by atoms with Gasteiger partial charge in [0.15, 0.2) is 0 Å². The van der Waals surface area contributed by atoms with Gasteiger partial charge >= 0.3 is 0 Å². The zero-order valence-electron chi connectivity index (χ0n) is 9.57. The SMILES string of the molecule is OCc1ccc(OCc2ccc(F)cc2Br)cc1. The third-order valence-electron chi connectivity index (χ3n) is 2.52. The van der Waals surface area contributed by atoms with E-state index in [0.717, 1.165) is 11.1 Å². The highest BCUT2D eigenvalue weighted by Crippen LogP contribution is 2.20. The molecule has 0 saturated carbocycles. The van der Waals surface area contributed by atoms with E-state index in [-0.39, 0.29) is 12.4 Å². The first-order chi connectivity index (χ1) is 8.69. The number of rotatable bonds is 4. The lowest BCUT2D eigenvalue weighted by Gasteiger charge is -2.08. The summed E-state index contributed by atoms with van der Waals surface area (Å²) in [5, 5.41) is 8.92. The Labute approximate surface area is 113 Å². The molecule has 4 heteroatoms. The minimum absolute atomic E-state index is 0.0176. The fourth-order valence-electron chi connectivity index (χ4n) is 1.49. The first-order valence-corrected chi connectivity index (χ1v) is 6.25. The molecule has 1 N–H and O–H groups in total. The Kier molecular flexibility index (Phi) is 4.33. The van der Waals surface area contributed by atoms with Crippen molar-refractivity contribution >= 4 is 15.9 Å². The van der Waals surface area contributed by atoms with E-state index in [1.807, 2.05) is 0 Å². The monoisotopic (exact) mass is 310 g/mol. The van der Waals surface area contributed by atoms with Gasteiger partial charge < -0.3 is 9.84 Å². The van der Waals surface area contributed by atoms with Gasteiger partial charge in [0.1, 0.15) is 18.2 Å². The van der Waals surface area contributed by atoms with Gasteiger partial charge in [0.05, 0.1) is 6.61 Å².